The zero-order chi connectivity index (χ0) is 13.3. The van der Waals surface area contributed by atoms with Crippen molar-refractivity contribution in [1.82, 2.24) is 10.2 Å². The first-order chi connectivity index (χ1) is 8.50. The highest BCUT2D eigenvalue weighted by molar-refractivity contribution is 9.10. The van der Waals surface area contributed by atoms with E-state index in [-0.39, 0.29) is 11.9 Å². The van der Waals surface area contributed by atoms with Gasteiger partial charge < -0.3 is 15.3 Å². The topological polar surface area (TPSA) is 52.6 Å². The van der Waals surface area contributed by atoms with Crippen molar-refractivity contribution in [1.29, 1.82) is 0 Å². The van der Waals surface area contributed by atoms with Crippen LogP contribution in [0.1, 0.15) is 10.4 Å². The summed E-state index contributed by atoms with van der Waals surface area (Å²) in [6.07, 6.45) is -0.531. The molecule has 18 heavy (non-hydrogen) atoms. The highest BCUT2D eigenvalue weighted by Gasteiger charge is 2.32. The summed E-state index contributed by atoms with van der Waals surface area (Å²) in [7, 11) is 1.69. The molecule has 1 amide bonds. The molecule has 0 spiro atoms. The zero-order valence-corrected chi connectivity index (χ0v) is 12.2. The minimum Gasteiger partial charge on any atom is -0.390 e. The summed E-state index contributed by atoms with van der Waals surface area (Å²) in [6.45, 7) is 1.11. The van der Waals surface area contributed by atoms with Gasteiger partial charge in [0.05, 0.1) is 17.7 Å². The summed E-state index contributed by atoms with van der Waals surface area (Å²) in [4.78, 5) is 13.9. The standard InChI is InChI=1S/C12H14BrClN2O2/c1-16(10-5-15-6-11(10)17)12(18)8-4-7(14)2-3-9(8)13/h2-4,10-11,15,17H,5-6H2,1H3/t10-,11-/m0/s1. The zero-order valence-electron chi connectivity index (χ0n) is 9.86. The van der Waals surface area contributed by atoms with Crippen molar-refractivity contribution in [3.05, 3.63) is 33.3 Å². The minimum absolute atomic E-state index is 0.155. The average molecular weight is 334 g/mol. The number of benzene rings is 1. The van der Waals surface area contributed by atoms with Gasteiger partial charge in [0.25, 0.3) is 5.91 Å². The molecule has 2 atom stereocenters. The number of hydrogen-bond donors (Lipinski definition) is 2. The number of amides is 1. The quantitative estimate of drug-likeness (QED) is 0.862. The Hall–Kier alpha value is -0.620. The van der Waals surface area contributed by atoms with Crippen LogP contribution >= 0.6 is 27.5 Å². The molecule has 1 aliphatic rings. The van der Waals surface area contributed by atoms with E-state index >= 15 is 0 Å². The number of halogens is 2. The van der Waals surface area contributed by atoms with E-state index in [1.165, 1.54) is 0 Å². The number of aliphatic hydroxyl groups is 1. The monoisotopic (exact) mass is 332 g/mol. The maximum atomic E-state index is 12.3. The molecule has 6 heteroatoms. The molecule has 2 N–H and O–H groups in total. The van der Waals surface area contributed by atoms with Crippen molar-refractivity contribution >= 4 is 33.4 Å². The van der Waals surface area contributed by atoms with Gasteiger partial charge >= 0.3 is 0 Å². The molecule has 4 nitrogen and oxygen atoms in total. The van der Waals surface area contributed by atoms with Gasteiger partial charge in [0.2, 0.25) is 0 Å². The number of carbonyl (C=O) groups is 1. The van der Waals surface area contributed by atoms with Crippen LogP contribution in [0.5, 0.6) is 0 Å². The van der Waals surface area contributed by atoms with Crippen LogP contribution in [0.25, 0.3) is 0 Å². The predicted octanol–water partition coefficient (Wildman–Crippen LogP) is 1.51. The van der Waals surface area contributed by atoms with E-state index < -0.39 is 6.10 Å². The molecule has 2 rings (SSSR count). The lowest BCUT2D eigenvalue weighted by molar-refractivity contribution is 0.0580. The van der Waals surface area contributed by atoms with Gasteiger partial charge in [-0.05, 0) is 34.1 Å². The van der Waals surface area contributed by atoms with E-state index in [4.69, 9.17) is 11.6 Å². The van der Waals surface area contributed by atoms with Crippen molar-refractivity contribution < 1.29 is 9.90 Å². The molecule has 0 aliphatic carbocycles. The Morgan fingerprint density at radius 2 is 2.28 bits per heavy atom. The molecule has 1 saturated heterocycles. The van der Waals surface area contributed by atoms with Gasteiger partial charge in [0, 0.05) is 29.6 Å². The Morgan fingerprint density at radius 1 is 1.56 bits per heavy atom. The van der Waals surface area contributed by atoms with Crippen LogP contribution in [-0.2, 0) is 0 Å². The van der Waals surface area contributed by atoms with Crippen LogP contribution in [0.15, 0.2) is 22.7 Å². The van der Waals surface area contributed by atoms with E-state index in [2.05, 4.69) is 21.2 Å². The molecule has 1 fully saturated rings. The van der Waals surface area contributed by atoms with Gasteiger partial charge in [-0.25, -0.2) is 0 Å². The molecule has 98 valence electrons. The van der Waals surface area contributed by atoms with Crippen LogP contribution in [0, 0.1) is 0 Å². The van der Waals surface area contributed by atoms with Crippen molar-refractivity contribution in [3.63, 3.8) is 0 Å². The third kappa shape index (κ3) is 2.69. The van der Waals surface area contributed by atoms with Gasteiger partial charge in [0.15, 0.2) is 0 Å². The number of carbonyl (C=O) groups excluding carboxylic acids is 1. The summed E-state index contributed by atoms with van der Waals surface area (Å²) in [5.74, 6) is -0.155. The highest BCUT2D eigenvalue weighted by atomic mass is 79.9. The fourth-order valence-corrected chi connectivity index (χ4v) is 2.64. The minimum atomic E-state index is -0.531. The smallest absolute Gasteiger partial charge is 0.255 e. The second-order valence-electron chi connectivity index (χ2n) is 4.33. The first kappa shape index (κ1) is 13.8. The Kier molecular flexibility index (Phi) is 4.27. The Morgan fingerprint density at radius 3 is 2.89 bits per heavy atom. The predicted molar refractivity (Wildman–Crippen MR) is 73.9 cm³/mol. The van der Waals surface area contributed by atoms with Gasteiger partial charge in [-0.15, -0.1) is 0 Å². The second-order valence-corrected chi connectivity index (χ2v) is 5.62. The molecule has 1 heterocycles. The summed E-state index contributed by atoms with van der Waals surface area (Å²) >= 11 is 9.24. The summed E-state index contributed by atoms with van der Waals surface area (Å²) < 4.78 is 0.698. The molecule has 0 bridgehead atoms. The normalized spacial score (nSPS) is 23.1. The van der Waals surface area contributed by atoms with Gasteiger partial charge in [-0.2, -0.15) is 0 Å². The van der Waals surface area contributed by atoms with Crippen LogP contribution in [-0.4, -0.2) is 48.2 Å². The van der Waals surface area contributed by atoms with Crippen molar-refractivity contribution in [2.75, 3.05) is 20.1 Å². The lowest BCUT2D eigenvalue weighted by atomic mass is 10.1. The lowest BCUT2D eigenvalue weighted by Crippen LogP contribution is -2.44. The summed E-state index contributed by atoms with van der Waals surface area (Å²) in [5.41, 5.74) is 0.504. The number of nitrogens with one attached hydrogen (secondary N) is 1. The second kappa shape index (κ2) is 5.57. The number of likely N-dealkylation sites (N-methyl/N-ethyl adjacent to an activating group) is 1. The number of hydrogen-bond acceptors (Lipinski definition) is 3. The number of nitrogens with zero attached hydrogens (tertiary/aromatic N) is 1. The van der Waals surface area contributed by atoms with E-state index in [9.17, 15) is 9.90 Å². The van der Waals surface area contributed by atoms with E-state index in [1.54, 1.807) is 30.1 Å². The molecule has 1 aromatic rings. The molecular formula is C12H14BrClN2O2. The maximum Gasteiger partial charge on any atom is 0.255 e. The highest BCUT2D eigenvalue weighted by Crippen LogP contribution is 2.23. The van der Waals surface area contributed by atoms with E-state index in [1.807, 2.05) is 0 Å². The average Bonchev–Trinajstić information content (AvgIpc) is 2.77. The molecule has 0 aromatic heterocycles. The van der Waals surface area contributed by atoms with Crippen LogP contribution in [0.2, 0.25) is 5.02 Å². The Bertz CT molecular complexity index is 469. The fraction of sp³-hybridized carbons (Fsp3) is 0.417. The third-order valence-corrected chi connectivity index (χ3v) is 4.05. The Labute approximate surface area is 119 Å². The van der Waals surface area contributed by atoms with Gasteiger partial charge in [-0.3, -0.25) is 4.79 Å². The molecule has 1 aliphatic heterocycles. The first-order valence-electron chi connectivity index (χ1n) is 5.61. The fourth-order valence-electron chi connectivity index (χ4n) is 2.05. The largest absolute Gasteiger partial charge is 0.390 e. The lowest BCUT2D eigenvalue weighted by Gasteiger charge is -2.26. The Balaban J connectivity index is 2.22. The molecule has 1 aromatic carbocycles. The number of rotatable bonds is 2. The van der Waals surface area contributed by atoms with Crippen molar-refractivity contribution in [3.8, 4) is 0 Å². The maximum absolute atomic E-state index is 12.3. The van der Waals surface area contributed by atoms with Crippen LogP contribution in [0.4, 0.5) is 0 Å². The van der Waals surface area contributed by atoms with Crippen LogP contribution < -0.4 is 5.32 Å². The molecule has 0 saturated carbocycles. The molecule has 0 radical (unpaired) electrons. The van der Waals surface area contributed by atoms with Gasteiger partial charge in [0.1, 0.15) is 0 Å². The van der Waals surface area contributed by atoms with Gasteiger partial charge in [-0.1, -0.05) is 11.6 Å². The van der Waals surface area contributed by atoms with Crippen LogP contribution in [0.3, 0.4) is 0 Å². The third-order valence-electron chi connectivity index (χ3n) is 3.13. The van der Waals surface area contributed by atoms with E-state index in [0.717, 1.165) is 0 Å². The molecule has 0 unspecified atom stereocenters. The summed E-state index contributed by atoms with van der Waals surface area (Å²) in [5, 5.41) is 13.4. The van der Waals surface area contributed by atoms with E-state index in [0.29, 0.717) is 28.1 Å². The number of aliphatic hydroxyl groups excluding tert-OH is 1. The SMILES string of the molecule is CN(C(=O)c1cc(Cl)ccc1Br)[C@H]1CNC[C@@H]1O. The first-order valence-corrected chi connectivity index (χ1v) is 6.79. The number of β-amino-alcohol motifs (C(OH)–C–C–N with tert-alkyl or cyclic N) is 1. The summed E-state index contributed by atoms with van der Waals surface area (Å²) in [6, 6.07) is 4.88. The molecular weight excluding hydrogens is 320 g/mol. The van der Waals surface area contributed by atoms with Crippen molar-refractivity contribution in [2.45, 2.75) is 12.1 Å². The van der Waals surface area contributed by atoms with Crippen molar-refractivity contribution in [2.24, 2.45) is 0 Å².